The van der Waals surface area contributed by atoms with Crippen molar-refractivity contribution >= 4 is 46.8 Å². The Bertz CT molecular complexity index is 893. The first-order valence-corrected chi connectivity index (χ1v) is 9.58. The maximum absolute atomic E-state index is 12.9. The van der Waals surface area contributed by atoms with Crippen molar-refractivity contribution in [2.45, 2.75) is 33.1 Å². The molecule has 0 amide bonds. The Morgan fingerprint density at radius 2 is 1.83 bits per heavy atom. The van der Waals surface area contributed by atoms with Crippen LogP contribution < -0.4 is 0 Å². The summed E-state index contributed by atoms with van der Waals surface area (Å²) in [5, 5.41) is 0.480. The number of carbonyl (C=O) groups excluding carboxylic acids is 3. The lowest BCUT2D eigenvalue weighted by Gasteiger charge is -2.31. The van der Waals surface area contributed by atoms with Crippen LogP contribution in [0.5, 0.6) is 0 Å². The van der Waals surface area contributed by atoms with Crippen molar-refractivity contribution in [3.8, 4) is 0 Å². The summed E-state index contributed by atoms with van der Waals surface area (Å²) in [4.78, 5) is 41.0. The third kappa shape index (κ3) is 4.97. The van der Waals surface area contributed by atoms with Gasteiger partial charge in [-0.15, -0.1) is 0 Å². The van der Waals surface area contributed by atoms with Gasteiger partial charge in [0.2, 0.25) is 6.79 Å². The summed E-state index contributed by atoms with van der Waals surface area (Å²) >= 11 is 12.6. The van der Waals surface area contributed by atoms with Gasteiger partial charge in [-0.2, -0.15) is 0 Å². The van der Waals surface area contributed by atoms with Crippen molar-refractivity contribution in [2.24, 2.45) is 10.9 Å². The van der Waals surface area contributed by atoms with Crippen LogP contribution in [-0.4, -0.2) is 37.5 Å². The van der Waals surface area contributed by atoms with E-state index in [-0.39, 0.29) is 22.0 Å². The summed E-state index contributed by atoms with van der Waals surface area (Å²) in [5.74, 6) is -3.61. The van der Waals surface area contributed by atoms with Gasteiger partial charge in [-0.25, -0.2) is 4.79 Å². The molecule has 1 aromatic carbocycles. The minimum Gasteiger partial charge on any atom is -0.468 e. The molecule has 1 aliphatic rings. The molecule has 29 heavy (non-hydrogen) atoms. The number of halogens is 2. The molecule has 2 atom stereocenters. The summed E-state index contributed by atoms with van der Waals surface area (Å²) in [6.07, 6.45) is 0.147. The topological polar surface area (TPSA) is 91.3 Å². The number of allylic oxidation sites excluding steroid dienone is 1. The van der Waals surface area contributed by atoms with E-state index >= 15 is 0 Å². The second-order valence-corrected chi connectivity index (χ2v) is 7.08. The number of hydrogen-bond acceptors (Lipinski definition) is 7. The predicted octanol–water partition coefficient (Wildman–Crippen LogP) is 4.07. The molecule has 0 radical (unpaired) electrons. The predicted molar refractivity (Wildman–Crippen MR) is 108 cm³/mol. The van der Waals surface area contributed by atoms with Crippen LogP contribution in [0.3, 0.4) is 0 Å². The van der Waals surface area contributed by atoms with E-state index in [1.807, 2.05) is 0 Å². The fourth-order valence-corrected chi connectivity index (χ4v) is 3.59. The number of carbonyl (C=O) groups is 3. The zero-order valence-corrected chi connectivity index (χ0v) is 18.0. The Morgan fingerprint density at radius 1 is 1.14 bits per heavy atom. The van der Waals surface area contributed by atoms with Gasteiger partial charge in [0, 0.05) is 23.7 Å². The molecule has 0 aliphatic carbocycles. The largest absolute Gasteiger partial charge is 0.468 e. The number of aliphatic imine (C=N–C) groups is 1. The molecule has 0 aromatic heterocycles. The maximum atomic E-state index is 12.9. The van der Waals surface area contributed by atoms with Crippen LogP contribution in [0.2, 0.25) is 10.0 Å². The first kappa shape index (κ1) is 22.9. The second-order valence-electron chi connectivity index (χ2n) is 6.29. The molecule has 0 fully saturated rings. The zero-order chi connectivity index (χ0) is 21.7. The minimum atomic E-state index is -0.902. The lowest BCUT2D eigenvalue weighted by Crippen LogP contribution is -2.36. The van der Waals surface area contributed by atoms with E-state index in [9.17, 15) is 14.4 Å². The molecule has 0 bridgehead atoms. The van der Waals surface area contributed by atoms with Gasteiger partial charge in [0.15, 0.2) is 0 Å². The zero-order valence-electron chi connectivity index (χ0n) is 16.5. The van der Waals surface area contributed by atoms with E-state index in [0.717, 1.165) is 0 Å². The average molecular weight is 442 g/mol. The van der Waals surface area contributed by atoms with Crippen LogP contribution in [0.4, 0.5) is 0 Å². The lowest BCUT2D eigenvalue weighted by atomic mass is 9.75. The monoisotopic (exact) mass is 441 g/mol. The molecular formula is C20H21Cl2NO6. The molecule has 0 spiro atoms. The third-order valence-electron chi connectivity index (χ3n) is 4.52. The van der Waals surface area contributed by atoms with Crippen molar-refractivity contribution in [1.82, 2.24) is 0 Å². The third-order valence-corrected chi connectivity index (χ3v) is 5.35. The summed E-state index contributed by atoms with van der Waals surface area (Å²) in [6, 6.07) is 4.94. The first-order chi connectivity index (χ1) is 13.7. The Hall–Kier alpha value is -2.38. The highest BCUT2D eigenvalue weighted by atomic mass is 35.5. The van der Waals surface area contributed by atoms with Crippen LogP contribution >= 0.6 is 23.2 Å². The van der Waals surface area contributed by atoms with Crippen LogP contribution in [0.25, 0.3) is 0 Å². The Morgan fingerprint density at radius 3 is 2.45 bits per heavy atom. The van der Waals surface area contributed by atoms with E-state index in [2.05, 4.69) is 4.99 Å². The molecule has 0 saturated carbocycles. The summed E-state index contributed by atoms with van der Waals surface area (Å²) in [6.45, 7) is 4.36. The normalized spacial score (nSPS) is 18.8. The van der Waals surface area contributed by atoms with E-state index in [1.54, 1.807) is 39.0 Å². The smallest absolute Gasteiger partial charge is 0.339 e. The van der Waals surface area contributed by atoms with Gasteiger partial charge < -0.3 is 14.2 Å². The van der Waals surface area contributed by atoms with E-state index in [0.29, 0.717) is 17.0 Å². The molecule has 7 nitrogen and oxygen atoms in total. The number of nitrogens with zero attached hydrogens (tertiary/aromatic N) is 1. The van der Waals surface area contributed by atoms with Crippen molar-refractivity contribution in [3.63, 3.8) is 0 Å². The molecule has 0 N–H and O–H groups in total. The number of hydrogen-bond donors (Lipinski definition) is 0. The summed E-state index contributed by atoms with van der Waals surface area (Å²) < 4.78 is 14.8. The van der Waals surface area contributed by atoms with Crippen molar-refractivity contribution in [2.75, 3.05) is 13.9 Å². The number of ether oxygens (including phenoxy) is 3. The molecule has 0 saturated heterocycles. The number of esters is 3. The molecule has 156 valence electrons. The quantitative estimate of drug-likeness (QED) is 0.487. The second kappa shape index (κ2) is 9.89. The Labute approximate surface area is 178 Å². The minimum absolute atomic E-state index is 0.114. The molecular weight excluding hydrogens is 421 g/mol. The standard InChI is InChI=1S/C20H21Cl2NO6/c1-5-14(24)28-9-29-20(26)16-11(3)23-10(2)15(19(25)27-4)17(16)12-7-6-8-13(21)18(12)22/h6-8,15,17H,5,9H2,1-4H3. The van der Waals surface area contributed by atoms with Gasteiger partial charge in [-0.3, -0.25) is 14.6 Å². The summed E-state index contributed by atoms with van der Waals surface area (Å²) in [5.41, 5.74) is 1.39. The Kier molecular flexibility index (Phi) is 7.81. The van der Waals surface area contributed by atoms with Crippen LogP contribution in [0, 0.1) is 5.92 Å². The van der Waals surface area contributed by atoms with Gasteiger partial charge >= 0.3 is 17.9 Å². The van der Waals surface area contributed by atoms with Gasteiger partial charge in [0.05, 0.1) is 22.7 Å². The van der Waals surface area contributed by atoms with Gasteiger partial charge in [0.1, 0.15) is 5.92 Å². The van der Waals surface area contributed by atoms with Gasteiger partial charge in [0.25, 0.3) is 0 Å². The fourth-order valence-electron chi connectivity index (χ4n) is 3.16. The molecule has 1 aliphatic heterocycles. The molecule has 2 rings (SSSR count). The highest BCUT2D eigenvalue weighted by Gasteiger charge is 2.43. The van der Waals surface area contributed by atoms with Crippen LogP contribution in [0.15, 0.2) is 34.5 Å². The van der Waals surface area contributed by atoms with Crippen molar-refractivity contribution in [1.29, 1.82) is 0 Å². The first-order valence-electron chi connectivity index (χ1n) is 8.83. The van der Waals surface area contributed by atoms with E-state index < -0.39 is 36.5 Å². The SMILES string of the molecule is CCC(=O)OCOC(=O)C1=C(C)N=C(C)C(C(=O)OC)C1c1cccc(Cl)c1Cl. The highest BCUT2D eigenvalue weighted by molar-refractivity contribution is 6.42. The maximum Gasteiger partial charge on any atom is 0.339 e. The molecule has 1 heterocycles. The van der Waals surface area contributed by atoms with Crippen molar-refractivity contribution in [3.05, 3.63) is 45.1 Å². The van der Waals surface area contributed by atoms with Crippen LogP contribution in [0.1, 0.15) is 38.7 Å². The Balaban J connectivity index is 2.52. The van der Waals surface area contributed by atoms with Gasteiger partial charge in [-0.1, -0.05) is 42.3 Å². The molecule has 9 heteroatoms. The van der Waals surface area contributed by atoms with E-state index in [1.165, 1.54) is 7.11 Å². The van der Waals surface area contributed by atoms with Gasteiger partial charge in [-0.05, 0) is 25.5 Å². The fraction of sp³-hybridized carbons (Fsp3) is 0.400. The lowest BCUT2D eigenvalue weighted by molar-refractivity contribution is -0.164. The number of methoxy groups -OCH3 is 1. The average Bonchev–Trinajstić information content (AvgIpc) is 2.68. The number of benzene rings is 1. The molecule has 1 aromatic rings. The highest BCUT2D eigenvalue weighted by Crippen LogP contribution is 2.44. The van der Waals surface area contributed by atoms with Crippen LogP contribution in [-0.2, 0) is 28.6 Å². The van der Waals surface area contributed by atoms with E-state index in [4.69, 9.17) is 37.4 Å². The number of rotatable bonds is 6. The molecule has 2 unspecified atom stereocenters. The summed E-state index contributed by atoms with van der Waals surface area (Å²) in [7, 11) is 1.25. The van der Waals surface area contributed by atoms with Crippen molar-refractivity contribution < 1.29 is 28.6 Å².